The van der Waals surface area contributed by atoms with Crippen molar-refractivity contribution in [2.45, 2.75) is 96.0 Å². The molecule has 0 bridgehead atoms. The van der Waals surface area contributed by atoms with E-state index >= 15 is 0 Å². The van der Waals surface area contributed by atoms with Gasteiger partial charge in [-0.15, -0.1) is 0 Å². The molecular weight excluding hydrogens is 554 g/mol. The molecule has 11 heteroatoms. The van der Waals surface area contributed by atoms with Crippen molar-refractivity contribution in [1.29, 1.82) is 0 Å². The van der Waals surface area contributed by atoms with Gasteiger partial charge in [-0.25, -0.2) is 5.48 Å². The number of benzene rings is 2. The number of anilines is 1. The molecule has 0 radical (unpaired) electrons. The van der Waals surface area contributed by atoms with Crippen molar-refractivity contribution in [1.82, 2.24) is 10.4 Å². The van der Waals surface area contributed by atoms with Gasteiger partial charge in [-0.2, -0.15) is 0 Å². The zero-order valence-electron chi connectivity index (χ0n) is 25.1. The van der Waals surface area contributed by atoms with Gasteiger partial charge in [0.2, 0.25) is 11.8 Å². The molecule has 0 aromatic heterocycles. The number of hydrogen-bond donors (Lipinski definition) is 4. The molecule has 0 saturated carbocycles. The first kappa shape index (κ1) is 32.6. The number of hydrogen-bond acceptors (Lipinski definition) is 9. The van der Waals surface area contributed by atoms with Crippen LogP contribution in [0, 0.1) is 0 Å². The Bertz CT molecular complexity index is 1250. The van der Waals surface area contributed by atoms with Crippen LogP contribution >= 0.6 is 0 Å². The number of ether oxygens (including phenoxy) is 3. The number of amides is 2. The predicted octanol–water partition coefficient (Wildman–Crippen LogP) is 4.14. The largest absolute Gasteiger partial charge is 0.459 e. The molecule has 0 unspecified atom stereocenters. The molecule has 4 atom stereocenters. The summed E-state index contributed by atoms with van der Waals surface area (Å²) in [4.78, 5) is 38.8. The molecule has 0 aliphatic carbocycles. The van der Waals surface area contributed by atoms with Gasteiger partial charge in [-0.3, -0.25) is 24.5 Å². The molecule has 4 rings (SSSR count). The van der Waals surface area contributed by atoms with Crippen LogP contribution in [0.3, 0.4) is 0 Å². The molecule has 4 N–H and O–H groups in total. The lowest BCUT2D eigenvalue weighted by Gasteiger charge is -2.38. The smallest absolute Gasteiger partial charge is 0.323 e. The number of likely N-dealkylation sites (tertiary alicyclic amines) is 1. The second-order valence-corrected chi connectivity index (χ2v) is 12.1. The Morgan fingerprint density at radius 1 is 1.02 bits per heavy atom. The topological polar surface area (TPSA) is 147 Å². The number of aliphatic hydroxyl groups excluding tert-OH is 1. The molecule has 2 aromatic carbocycles. The first-order valence-electron chi connectivity index (χ1n) is 14.8. The number of carbonyl (C=O) groups is 3. The van der Waals surface area contributed by atoms with E-state index in [1.807, 2.05) is 57.2 Å². The first-order chi connectivity index (χ1) is 20.5. The maximum Gasteiger partial charge on any atom is 0.323 e. The molecule has 234 valence electrons. The maximum atomic E-state index is 13.0. The van der Waals surface area contributed by atoms with Crippen LogP contribution in [-0.4, -0.2) is 63.8 Å². The van der Waals surface area contributed by atoms with Gasteiger partial charge in [0.05, 0.1) is 18.8 Å². The molecule has 2 aromatic rings. The van der Waals surface area contributed by atoms with E-state index in [4.69, 9.17) is 19.4 Å². The second kappa shape index (κ2) is 14.9. The second-order valence-electron chi connectivity index (χ2n) is 12.1. The van der Waals surface area contributed by atoms with Crippen LogP contribution in [0.4, 0.5) is 5.69 Å². The molecule has 2 heterocycles. The van der Waals surface area contributed by atoms with Crippen LogP contribution in [-0.2, 0) is 35.2 Å². The Labute approximate surface area is 252 Å². The molecule has 2 amide bonds. The Morgan fingerprint density at radius 3 is 2.47 bits per heavy atom. The monoisotopic (exact) mass is 597 g/mol. The third kappa shape index (κ3) is 9.57. The quantitative estimate of drug-likeness (QED) is 0.170. The van der Waals surface area contributed by atoms with Crippen LogP contribution in [0.15, 0.2) is 48.5 Å². The van der Waals surface area contributed by atoms with Gasteiger partial charge in [0, 0.05) is 37.1 Å². The van der Waals surface area contributed by atoms with Crippen LogP contribution < -0.4 is 10.8 Å². The van der Waals surface area contributed by atoms with E-state index in [0.717, 1.165) is 36.1 Å². The lowest BCUT2D eigenvalue weighted by atomic mass is 9.99. The molecule has 2 saturated heterocycles. The molecule has 2 aliphatic rings. The van der Waals surface area contributed by atoms with E-state index in [9.17, 15) is 19.5 Å². The molecule has 43 heavy (non-hydrogen) atoms. The van der Waals surface area contributed by atoms with Crippen molar-refractivity contribution in [3.05, 3.63) is 65.2 Å². The third-order valence-corrected chi connectivity index (χ3v) is 7.47. The summed E-state index contributed by atoms with van der Waals surface area (Å²) in [6, 6.07) is 14.6. The fraction of sp³-hybridized carbons (Fsp3) is 0.531. The zero-order valence-corrected chi connectivity index (χ0v) is 25.1. The molecule has 2 fully saturated rings. The highest BCUT2D eigenvalue weighted by atomic mass is 16.7. The Morgan fingerprint density at radius 2 is 1.77 bits per heavy atom. The van der Waals surface area contributed by atoms with Crippen molar-refractivity contribution in [3.63, 3.8) is 0 Å². The molecular formula is C32H43N3O8. The van der Waals surface area contributed by atoms with Crippen LogP contribution in [0.25, 0.3) is 0 Å². The third-order valence-electron chi connectivity index (χ3n) is 7.47. The highest BCUT2D eigenvalue weighted by Gasteiger charge is 2.39. The Kier molecular flexibility index (Phi) is 11.3. The minimum Gasteiger partial charge on any atom is -0.459 e. The van der Waals surface area contributed by atoms with Gasteiger partial charge < -0.3 is 24.6 Å². The van der Waals surface area contributed by atoms with Gasteiger partial charge >= 0.3 is 5.97 Å². The summed E-state index contributed by atoms with van der Waals surface area (Å²) in [6.07, 6.45) is 1.40. The maximum absolute atomic E-state index is 13.0. The molecule has 2 aliphatic heterocycles. The normalized spacial score (nSPS) is 22.6. The average molecular weight is 598 g/mol. The summed E-state index contributed by atoms with van der Waals surface area (Å²) in [5.74, 6) is -1.01. The molecule has 11 nitrogen and oxygen atoms in total. The number of nitrogens with zero attached hydrogens (tertiary/aromatic N) is 1. The summed E-state index contributed by atoms with van der Waals surface area (Å²) in [7, 11) is 0. The number of esters is 1. The lowest BCUT2D eigenvalue weighted by molar-refractivity contribution is -0.253. The Balaban J connectivity index is 1.49. The fourth-order valence-electron chi connectivity index (χ4n) is 5.43. The minimum absolute atomic E-state index is 0.0432. The SMILES string of the molecule is CC(C)(C)OC(=O)[C@@H]1CCCN1C[C@@H]1C[C@H](c2ccc(CO)cc2)O[C@H](c2cccc(NC(=O)CCCC(=O)NO)c2)O1. The van der Waals surface area contributed by atoms with E-state index in [1.54, 1.807) is 17.6 Å². The van der Waals surface area contributed by atoms with Crippen molar-refractivity contribution < 1.29 is 38.9 Å². The standard InChI is InChI=1S/C32H43N3O8/c1-32(2,3)43-30(39)26-9-6-16-35(26)19-25-18-27(22-14-12-21(20-36)13-15-22)42-31(41-25)23-7-4-8-24(17-23)33-28(37)10-5-11-29(38)34-40/h4,7-8,12-15,17,25-27,31,36,40H,5-6,9-11,16,18-20H2,1-3H3,(H,33,37)(H,34,38)/t25-,26-,27+,31+/m0/s1. The van der Waals surface area contributed by atoms with E-state index in [2.05, 4.69) is 10.2 Å². The van der Waals surface area contributed by atoms with Crippen molar-refractivity contribution in [3.8, 4) is 0 Å². The summed E-state index contributed by atoms with van der Waals surface area (Å²) < 4.78 is 18.6. The number of nitrogens with one attached hydrogen (secondary N) is 2. The first-order valence-corrected chi connectivity index (χ1v) is 14.8. The van der Waals surface area contributed by atoms with Crippen molar-refractivity contribution >= 4 is 23.5 Å². The van der Waals surface area contributed by atoms with Gasteiger partial charge in [0.25, 0.3) is 0 Å². The van der Waals surface area contributed by atoms with Gasteiger partial charge in [-0.05, 0) is 69.8 Å². The summed E-state index contributed by atoms with van der Waals surface area (Å²) in [6.45, 7) is 6.87. The lowest BCUT2D eigenvalue weighted by Crippen LogP contribution is -2.45. The predicted molar refractivity (Wildman–Crippen MR) is 158 cm³/mol. The van der Waals surface area contributed by atoms with E-state index in [-0.39, 0.29) is 49.6 Å². The average Bonchev–Trinajstić information content (AvgIpc) is 3.44. The van der Waals surface area contributed by atoms with Gasteiger partial charge in [-0.1, -0.05) is 36.4 Å². The van der Waals surface area contributed by atoms with E-state index in [0.29, 0.717) is 25.1 Å². The fourth-order valence-corrected chi connectivity index (χ4v) is 5.43. The van der Waals surface area contributed by atoms with E-state index in [1.165, 1.54) is 0 Å². The van der Waals surface area contributed by atoms with Crippen molar-refractivity contribution in [2.75, 3.05) is 18.4 Å². The zero-order chi connectivity index (χ0) is 31.0. The number of aliphatic hydroxyl groups is 1. The minimum atomic E-state index is -0.728. The highest BCUT2D eigenvalue weighted by molar-refractivity contribution is 5.91. The summed E-state index contributed by atoms with van der Waals surface area (Å²) in [5.41, 5.74) is 4.05. The van der Waals surface area contributed by atoms with Crippen LogP contribution in [0.5, 0.6) is 0 Å². The van der Waals surface area contributed by atoms with Gasteiger partial charge in [0.1, 0.15) is 11.6 Å². The highest BCUT2D eigenvalue weighted by Crippen LogP contribution is 2.39. The van der Waals surface area contributed by atoms with Gasteiger partial charge in [0.15, 0.2) is 6.29 Å². The Hall–Kier alpha value is -3.35. The summed E-state index contributed by atoms with van der Waals surface area (Å²) in [5, 5.41) is 21.0. The number of carbonyl (C=O) groups excluding carboxylic acids is 3. The van der Waals surface area contributed by atoms with Crippen LogP contribution in [0.1, 0.15) is 88.4 Å². The molecule has 0 spiro atoms. The van der Waals surface area contributed by atoms with Crippen LogP contribution in [0.2, 0.25) is 0 Å². The van der Waals surface area contributed by atoms with Crippen molar-refractivity contribution in [2.24, 2.45) is 0 Å². The summed E-state index contributed by atoms with van der Waals surface area (Å²) >= 11 is 0. The number of hydroxylamine groups is 1. The number of rotatable bonds is 11. The van der Waals surface area contributed by atoms with E-state index < -0.39 is 17.8 Å².